The van der Waals surface area contributed by atoms with Crippen LogP contribution in [-0.4, -0.2) is 133 Å². The van der Waals surface area contributed by atoms with Gasteiger partial charge in [0.15, 0.2) is 0 Å². The van der Waals surface area contributed by atoms with E-state index in [0.717, 1.165) is 135 Å². The Morgan fingerprint density at radius 3 is 1.26 bits per heavy atom. The molecule has 9 N–H and O–H groups in total. The van der Waals surface area contributed by atoms with Crippen LogP contribution in [0.1, 0.15) is 216 Å². The number of benzene rings is 6. The van der Waals surface area contributed by atoms with Gasteiger partial charge in [0.1, 0.15) is 23.3 Å². The predicted octanol–water partition coefficient (Wildman–Crippen LogP) is 17.6. The van der Waals surface area contributed by atoms with Crippen molar-refractivity contribution in [1.82, 2.24) is 64.8 Å². The van der Waals surface area contributed by atoms with E-state index < -0.39 is 23.9 Å². The number of likely N-dealkylation sites (N-methyl/N-ethyl adjacent to an activating group) is 1. The molecular weight excluding hydrogens is 1470 g/mol. The Balaban J connectivity index is 0.000000155. The summed E-state index contributed by atoms with van der Waals surface area (Å²) in [4.78, 5) is 95.9. The Morgan fingerprint density at radius 2 is 0.862 bits per heavy atom. The van der Waals surface area contributed by atoms with Gasteiger partial charge in [0.25, 0.3) is 11.8 Å². The van der Waals surface area contributed by atoms with Crippen LogP contribution in [0.15, 0.2) is 122 Å². The highest BCUT2D eigenvalue weighted by Gasteiger charge is 2.58. The van der Waals surface area contributed by atoms with Crippen LogP contribution in [0.3, 0.4) is 0 Å². The van der Waals surface area contributed by atoms with Crippen molar-refractivity contribution in [1.29, 1.82) is 0 Å². The van der Waals surface area contributed by atoms with Gasteiger partial charge in [0, 0.05) is 64.5 Å². The second-order valence-electron chi connectivity index (χ2n) is 37.3. The number of H-pyrrole nitrogens is 4. The highest BCUT2D eigenvalue weighted by Crippen LogP contribution is 2.62. The van der Waals surface area contributed by atoms with Gasteiger partial charge in [-0.3, -0.25) is 19.2 Å². The highest BCUT2D eigenvalue weighted by atomic mass is 19.3. The van der Waals surface area contributed by atoms with E-state index in [-0.39, 0.29) is 129 Å². The van der Waals surface area contributed by atoms with Gasteiger partial charge >= 0.3 is 0 Å². The Kier molecular flexibility index (Phi) is 18.3. The molecule has 4 aliphatic heterocycles. The predicted molar refractivity (Wildman–Crippen MR) is 440 cm³/mol. The van der Waals surface area contributed by atoms with Crippen molar-refractivity contribution in [2.45, 2.75) is 212 Å². The van der Waals surface area contributed by atoms with Crippen molar-refractivity contribution in [2.24, 2.45) is 63.7 Å². The largest absolute Gasteiger partial charge is 0.340 e. The molecule has 116 heavy (non-hydrogen) atoms. The second kappa shape index (κ2) is 27.9. The lowest BCUT2D eigenvalue weighted by Gasteiger charge is -2.37. The number of fused-ring (bicyclic) bond motifs is 12. The summed E-state index contributed by atoms with van der Waals surface area (Å²) in [5.74, 6) is -2.09. The van der Waals surface area contributed by atoms with E-state index in [9.17, 15) is 19.2 Å². The van der Waals surface area contributed by atoms with Gasteiger partial charge in [-0.2, -0.15) is 17.6 Å². The number of likely N-dealkylation sites (tertiary alicyclic amines) is 4. The van der Waals surface area contributed by atoms with Crippen LogP contribution >= 0.6 is 0 Å². The normalized spacial score (nSPS) is 24.7. The van der Waals surface area contributed by atoms with Crippen LogP contribution in [-0.2, 0) is 31.0 Å². The van der Waals surface area contributed by atoms with Crippen LogP contribution in [0.5, 0.6) is 0 Å². The van der Waals surface area contributed by atoms with E-state index in [1.165, 1.54) is 0 Å². The van der Waals surface area contributed by atoms with Crippen LogP contribution in [0.2, 0.25) is 0 Å². The number of hydrogen-bond donors (Lipinski definition) is 7. The zero-order chi connectivity index (χ0) is 80.8. The van der Waals surface area contributed by atoms with E-state index in [2.05, 4.69) is 50.9 Å². The van der Waals surface area contributed by atoms with Gasteiger partial charge < -0.3 is 56.3 Å². The number of carbonyl (C=O) groups is 4. The molecule has 20 rings (SSSR count). The van der Waals surface area contributed by atoms with E-state index in [1.807, 2.05) is 130 Å². The number of amides is 4. The van der Waals surface area contributed by atoms with Crippen LogP contribution in [0.4, 0.5) is 17.6 Å². The Hall–Kier alpha value is -9.84. The Morgan fingerprint density at radius 1 is 0.474 bits per heavy atom. The molecule has 2 spiro atoms. The van der Waals surface area contributed by atoms with Crippen molar-refractivity contribution in [3.63, 3.8) is 0 Å². The van der Waals surface area contributed by atoms with Crippen LogP contribution in [0, 0.1) is 52.3 Å². The molecule has 4 bridgehead atoms. The first-order chi connectivity index (χ1) is 55.5. The van der Waals surface area contributed by atoms with E-state index in [0.29, 0.717) is 85.9 Å². The maximum absolute atomic E-state index is 16.6. The molecule has 8 heterocycles. The number of rotatable bonds is 18. The first-order valence-electron chi connectivity index (χ1n) is 42.4. The summed E-state index contributed by atoms with van der Waals surface area (Å²) in [7, 11) is 1.83. The number of aromatic amines is 4. The number of nitrogens with two attached hydrogens (primary N) is 2. The van der Waals surface area contributed by atoms with E-state index in [4.69, 9.17) is 31.4 Å². The number of carbonyl (C=O) groups excluding carboxylic acids is 4. The van der Waals surface area contributed by atoms with Crippen molar-refractivity contribution in [3.8, 4) is 67.0 Å². The van der Waals surface area contributed by atoms with Crippen molar-refractivity contribution in [3.05, 3.63) is 167 Å². The molecule has 23 heteroatoms. The second-order valence-corrected chi connectivity index (χ2v) is 37.3. The van der Waals surface area contributed by atoms with Gasteiger partial charge in [-0.1, -0.05) is 123 Å². The molecule has 604 valence electrons. The average molecular weight is 1570 g/mol. The topological polar surface area (TPSA) is 260 Å². The minimum Gasteiger partial charge on any atom is -0.340 e. The zero-order valence-electron chi connectivity index (χ0n) is 67.8. The molecular formula is C93H105F4N15O4. The first-order valence-corrected chi connectivity index (χ1v) is 42.4. The number of nitrogens with zero attached hydrogens (tertiary/aromatic N) is 8. The summed E-state index contributed by atoms with van der Waals surface area (Å²) in [6.07, 6.45) is 16.4. The fraction of sp³-hybridized carbons (Fsp3) is 0.484. The molecule has 10 aliphatic rings. The van der Waals surface area contributed by atoms with Crippen LogP contribution in [0.25, 0.3) is 89.1 Å². The number of imidazole rings is 4. The number of aromatic nitrogens is 8. The lowest BCUT2D eigenvalue weighted by molar-refractivity contribution is -0.142. The van der Waals surface area contributed by atoms with Crippen molar-refractivity contribution >= 4 is 45.7 Å². The molecule has 0 unspecified atom stereocenters. The number of nitrogens with one attached hydrogen (secondary N) is 5. The SMILES string of the molecule is CC(C)[C@H](N)C(=O)N1CC2(CC2)C[C@H]1c1ncc(-c2ccc3c(c2)C(F)(F)c2cc(-c4ccc5nc([C@@H]6[C@H]7CC[C@H](C7)N6C(=O)[C@@H](N)C(C)C)[nH]c5c4)ccc2-3)[nH]1.CC[C@H](C(=O)N1[C@@H]2CC[C@@H](C2)[C@H]1c1nc2ccc(-c3ccc4c(c3)C(F)(F)c3cc(-c5cnc([C@@H]6CC7(CC7)CN6C(=O)[C@@H](NC)C(C)C)[nH]5)ccc3-4)cc2[nH]1)C(C)C. The molecule has 6 aromatic carbocycles. The molecule has 0 radical (unpaired) electrons. The lowest BCUT2D eigenvalue weighted by atomic mass is 9.89. The summed E-state index contributed by atoms with van der Waals surface area (Å²) >= 11 is 0. The summed E-state index contributed by atoms with van der Waals surface area (Å²) in [5, 5.41) is 3.21. The monoisotopic (exact) mass is 1570 g/mol. The molecule has 6 aliphatic carbocycles. The third-order valence-corrected chi connectivity index (χ3v) is 28.7. The van der Waals surface area contributed by atoms with Gasteiger partial charge in [-0.05, 0) is 230 Å². The number of halogens is 4. The van der Waals surface area contributed by atoms with Gasteiger partial charge in [-0.25, -0.2) is 19.9 Å². The maximum Gasteiger partial charge on any atom is 0.299 e. The van der Waals surface area contributed by atoms with Gasteiger partial charge in [0.2, 0.25) is 23.6 Å². The molecule has 4 aromatic heterocycles. The molecule has 8 fully saturated rings. The summed E-state index contributed by atoms with van der Waals surface area (Å²) in [5.41, 5.74) is 23.6. The molecule has 4 saturated heterocycles. The maximum atomic E-state index is 16.6. The minimum absolute atomic E-state index is 0.0101. The smallest absolute Gasteiger partial charge is 0.299 e. The molecule has 4 saturated carbocycles. The summed E-state index contributed by atoms with van der Waals surface area (Å²) < 4.78 is 66.2. The fourth-order valence-corrected chi connectivity index (χ4v) is 21.6. The van der Waals surface area contributed by atoms with Crippen molar-refractivity contribution < 1.29 is 36.7 Å². The Labute approximate surface area is 673 Å². The number of alkyl halides is 4. The van der Waals surface area contributed by atoms with Gasteiger partial charge in [0.05, 0.1) is 88.1 Å². The lowest BCUT2D eigenvalue weighted by Crippen LogP contribution is -2.50. The number of piperidine rings is 2. The summed E-state index contributed by atoms with van der Waals surface area (Å²) in [6.45, 7) is 19.7. The highest BCUT2D eigenvalue weighted by molar-refractivity contribution is 5.91. The number of hydrogen-bond acceptors (Lipinski definition) is 11. The molecule has 10 aromatic rings. The van der Waals surface area contributed by atoms with Crippen LogP contribution < -0.4 is 16.8 Å². The van der Waals surface area contributed by atoms with E-state index >= 15 is 17.6 Å². The molecule has 4 amide bonds. The van der Waals surface area contributed by atoms with E-state index in [1.54, 1.807) is 54.9 Å². The minimum atomic E-state index is -3.22. The third kappa shape index (κ3) is 12.5. The zero-order valence-corrected chi connectivity index (χ0v) is 67.8. The first kappa shape index (κ1) is 76.2. The quantitative estimate of drug-likeness (QED) is 0.0397. The molecule has 19 nitrogen and oxygen atoms in total. The fourth-order valence-electron chi connectivity index (χ4n) is 21.6. The van der Waals surface area contributed by atoms with Gasteiger partial charge in [-0.15, -0.1) is 0 Å². The standard InChI is InChI=1S/C48H55F2N7O2.C45H50F2N8O2/c1-7-32(25(2)3)45(58)57-31-12-8-30(18-31)42(57)44-53-37-15-11-28(21-38(37)54-44)27-9-13-33-34-14-10-29(20-36(34)48(49,50)35(33)19-27)39-23-52-43(55-39)40-22-47(16-17-47)24-56(40)46(59)41(51-6)26(4)5;1-22(2)37(48)42(56)54-21-44(13-14-44)19-36(54)40-50-20-35(53-40)26-7-11-30-29-10-6-24(16-31(29)45(46,47)32(30)17-26)25-8-12-33-34(18-25)52-41(51-33)39-27-5-9-28(15-27)55(39)43(57)38(49)23(3)4/h9-11,13-15,19-21,23,25-26,30-32,40-42,51H,7-8,12,16-18,22,24H2,1-6H3,(H,52,55)(H,53,54);6-8,10-12,16-18,20,22-23,27-28,36-39H,5,9,13-15,19,21,48-49H2,1-4H3,(H,50,53)(H,51,52)/t30-,31+,32-,40-,41-,42-;27-,28+,36-,37-,38-,39-/m00/s1. The average Bonchev–Trinajstić information content (AvgIpc) is 1.59. The third-order valence-electron chi connectivity index (χ3n) is 28.7. The Bertz CT molecular complexity index is 5610. The van der Waals surface area contributed by atoms with Crippen molar-refractivity contribution in [2.75, 3.05) is 20.1 Å². The summed E-state index contributed by atoms with van der Waals surface area (Å²) in [6, 6.07) is 31.2. The molecule has 12 atom stereocenters.